The van der Waals surface area contributed by atoms with E-state index in [2.05, 4.69) is 140 Å². The van der Waals surface area contributed by atoms with Crippen molar-refractivity contribution in [1.29, 1.82) is 0 Å². The monoisotopic (exact) mass is 677 g/mol. The molecule has 0 aliphatic heterocycles. The van der Waals surface area contributed by atoms with Gasteiger partial charge in [-0.15, -0.1) is 0 Å². The molecule has 0 amide bonds. The second-order valence-electron chi connectivity index (χ2n) is 13.2. The Morgan fingerprint density at radius 1 is 0.302 bits per heavy atom. The minimum Gasteiger partial charge on any atom is -0.456 e. The summed E-state index contributed by atoms with van der Waals surface area (Å²) in [5.41, 5.74) is 11.3. The van der Waals surface area contributed by atoms with Gasteiger partial charge in [0.05, 0.1) is 0 Å². The molecule has 0 saturated carbocycles. The van der Waals surface area contributed by atoms with Crippen molar-refractivity contribution < 1.29 is 4.42 Å². The summed E-state index contributed by atoms with van der Waals surface area (Å²) in [6, 6.07) is 65.2. The number of hydrogen-bond acceptors (Lipinski definition) is 4. The normalized spacial score (nSPS) is 11.4. The van der Waals surface area contributed by atoms with Crippen molar-refractivity contribution in [3.05, 3.63) is 188 Å². The number of aromatic nitrogens is 3. The fourth-order valence-corrected chi connectivity index (χ4v) is 7.30. The first-order valence-electron chi connectivity index (χ1n) is 17.8. The maximum atomic E-state index is 6.54. The number of rotatable bonds is 6. The summed E-state index contributed by atoms with van der Waals surface area (Å²) in [6.45, 7) is 0. The Morgan fingerprint density at radius 2 is 0.792 bits per heavy atom. The molecule has 2 heterocycles. The molecule has 8 aromatic carbocycles. The Bertz CT molecular complexity index is 2910. The Balaban J connectivity index is 1.06. The molecule has 0 radical (unpaired) electrons. The minimum atomic E-state index is 0.598. The zero-order chi connectivity index (χ0) is 35.1. The third-order valence-corrected chi connectivity index (χ3v) is 9.97. The Labute approximate surface area is 306 Å². The number of benzene rings is 8. The predicted octanol–water partition coefficient (Wildman–Crippen LogP) is 12.9. The van der Waals surface area contributed by atoms with Gasteiger partial charge in [-0.25, -0.2) is 15.0 Å². The Kier molecular flexibility index (Phi) is 7.43. The smallest absolute Gasteiger partial charge is 0.164 e. The van der Waals surface area contributed by atoms with E-state index in [1.54, 1.807) is 0 Å². The zero-order valence-electron chi connectivity index (χ0n) is 28.6. The molecule has 0 N–H and O–H groups in total. The highest BCUT2D eigenvalue weighted by Crippen LogP contribution is 2.39. The molecule has 10 aromatic rings. The van der Waals surface area contributed by atoms with Crippen LogP contribution >= 0.6 is 0 Å². The number of nitrogens with zero attached hydrogens (tertiary/aromatic N) is 3. The maximum Gasteiger partial charge on any atom is 0.164 e. The highest BCUT2D eigenvalue weighted by Gasteiger charge is 2.18. The van der Waals surface area contributed by atoms with Crippen molar-refractivity contribution in [2.75, 3.05) is 0 Å². The molecule has 10 rings (SSSR count). The highest BCUT2D eigenvalue weighted by atomic mass is 16.3. The number of furan rings is 1. The first-order chi connectivity index (χ1) is 26.2. The summed E-state index contributed by atoms with van der Waals surface area (Å²) < 4.78 is 6.54. The first-order valence-corrected chi connectivity index (χ1v) is 17.8. The summed E-state index contributed by atoms with van der Waals surface area (Å²) in [5, 5.41) is 4.43. The lowest BCUT2D eigenvalue weighted by molar-refractivity contribution is 0.669. The lowest BCUT2D eigenvalue weighted by Crippen LogP contribution is -2.00. The van der Waals surface area contributed by atoms with Crippen LogP contribution in [0.4, 0.5) is 0 Å². The molecular weight excluding hydrogens is 647 g/mol. The summed E-state index contributed by atoms with van der Waals surface area (Å²) in [4.78, 5) is 15.2. The molecule has 4 nitrogen and oxygen atoms in total. The standard InChI is InChI=1S/C49H31N3O/c1-3-11-32(12-4-1)33-21-23-34(24-22-33)35-25-27-38(28-26-35)48-50-47(37-14-5-2-6-15-37)51-49(52-48)43-19-10-20-44-46(43)42-30-29-39(31-45(42)53-44)41-18-9-16-36-13-7-8-17-40(36)41/h1-31H. The van der Waals surface area contributed by atoms with E-state index in [0.29, 0.717) is 17.5 Å². The third-order valence-electron chi connectivity index (χ3n) is 9.97. The van der Waals surface area contributed by atoms with Crippen molar-refractivity contribution in [2.24, 2.45) is 0 Å². The van der Waals surface area contributed by atoms with Gasteiger partial charge in [0.25, 0.3) is 0 Å². The van der Waals surface area contributed by atoms with Gasteiger partial charge in [-0.05, 0) is 62.4 Å². The van der Waals surface area contributed by atoms with Crippen LogP contribution in [0.15, 0.2) is 192 Å². The zero-order valence-corrected chi connectivity index (χ0v) is 28.6. The molecule has 2 aromatic heterocycles. The summed E-state index contributed by atoms with van der Waals surface area (Å²) >= 11 is 0. The van der Waals surface area contributed by atoms with Gasteiger partial charge in [-0.1, -0.05) is 170 Å². The van der Waals surface area contributed by atoms with Crippen LogP contribution in [0, 0.1) is 0 Å². The number of fused-ring (bicyclic) bond motifs is 4. The highest BCUT2D eigenvalue weighted by molar-refractivity contribution is 6.13. The molecule has 248 valence electrons. The van der Waals surface area contributed by atoms with Crippen LogP contribution in [-0.2, 0) is 0 Å². The van der Waals surface area contributed by atoms with Crippen LogP contribution in [0.3, 0.4) is 0 Å². The quantitative estimate of drug-likeness (QED) is 0.176. The van der Waals surface area contributed by atoms with E-state index >= 15 is 0 Å². The summed E-state index contributed by atoms with van der Waals surface area (Å²) in [6.07, 6.45) is 0. The second-order valence-corrected chi connectivity index (χ2v) is 13.2. The van der Waals surface area contributed by atoms with E-state index < -0.39 is 0 Å². The van der Waals surface area contributed by atoms with Crippen LogP contribution in [0.1, 0.15) is 0 Å². The van der Waals surface area contributed by atoms with Crippen LogP contribution in [0.2, 0.25) is 0 Å². The summed E-state index contributed by atoms with van der Waals surface area (Å²) in [5.74, 6) is 1.83. The average Bonchev–Trinajstić information content (AvgIpc) is 3.62. The van der Waals surface area contributed by atoms with Crippen molar-refractivity contribution in [2.45, 2.75) is 0 Å². The van der Waals surface area contributed by atoms with Crippen LogP contribution in [0.25, 0.3) is 100 Å². The van der Waals surface area contributed by atoms with Gasteiger partial charge in [0.1, 0.15) is 11.2 Å². The van der Waals surface area contributed by atoms with E-state index in [4.69, 9.17) is 19.4 Å². The van der Waals surface area contributed by atoms with Crippen molar-refractivity contribution in [1.82, 2.24) is 15.0 Å². The molecule has 53 heavy (non-hydrogen) atoms. The van der Waals surface area contributed by atoms with Crippen molar-refractivity contribution >= 4 is 32.7 Å². The fourth-order valence-electron chi connectivity index (χ4n) is 7.30. The molecule has 0 aliphatic carbocycles. The van der Waals surface area contributed by atoms with Gasteiger partial charge in [-0.2, -0.15) is 0 Å². The Hall–Kier alpha value is -7.17. The van der Waals surface area contributed by atoms with E-state index in [-0.39, 0.29) is 0 Å². The third kappa shape index (κ3) is 5.63. The lowest BCUT2D eigenvalue weighted by atomic mass is 9.97. The Morgan fingerprint density at radius 3 is 1.49 bits per heavy atom. The molecule has 0 spiro atoms. The fraction of sp³-hybridized carbons (Fsp3) is 0. The molecule has 0 saturated heterocycles. The first kappa shape index (κ1) is 30.6. The lowest BCUT2D eigenvalue weighted by Gasteiger charge is -2.10. The molecular formula is C49H31N3O. The van der Waals surface area contributed by atoms with Gasteiger partial charge < -0.3 is 4.42 Å². The van der Waals surface area contributed by atoms with E-state index in [1.807, 2.05) is 48.5 Å². The summed E-state index contributed by atoms with van der Waals surface area (Å²) in [7, 11) is 0. The predicted molar refractivity (Wildman–Crippen MR) is 217 cm³/mol. The second kappa shape index (κ2) is 12.9. The van der Waals surface area contributed by atoms with Crippen LogP contribution < -0.4 is 0 Å². The maximum absolute atomic E-state index is 6.54. The van der Waals surface area contributed by atoms with E-state index in [9.17, 15) is 0 Å². The largest absolute Gasteiger partial charge is 0.456 e. The number of hydrogen-bond donors (Lipinski definition) is 0. The average molecular weight is 678 g/mol. The molecule has 0 fully saturated rings. The van der Waals surface area contributed by atoms with Crippen molar-refractivity contribution in [3.63, 3.8) is 0 Å². The van der Waals surface area contributed by atoms with E-state index in [1.165, 1.54) is 27.5 Å². The van der Waals surface area contributed by atoms with Gasteiger partial charge in [-0.3, -0.25) is 0 Å². The van der Waals surface area contributed by atoms with E-state index in [0.717, 1.165) is 55.3 Å². The van der Waals surface area contributed by atoms with Crippen molar-refractivity contribution in [3.8, 4) is 67.5 Å². The SMILES string of the molecule is c1ccc(-c2ccc(-c3ccc(-c4nc(-c5ccccc5)nc(-c5cccc6oc7cc(-c8cccc9ccccc89)ccc7c56)n4)cc3)cc2)cc1. The molecule has 0 unspecified atom stereocenters. The minimum absolute atomic E-state index is 0.598. The molecule has 0 aliphatic rings. The van der Waals surface area contributed by atoms with Gasteiger partial charge >= 0.3 is 0 Å². The molecule has 0 bridgehead atoms. The topological polar surface area (TPSA) is 51.8 Å². The van der Waals surface area contributed by atoms with Crippen LogP contribution in [0.5, 0.6) is 0 Å². The molecule has 4 heteroatoms. The van der Waals surface area contributed by atoms with Gasteiger partial charge in [0, 0.05) is 27.5 Å². The van der Waals surface area contributed by atoms with Gasteiger partial charge in [0.15, 0.2) is 17.5 Å². The molecule has 0 atom stereocenters. The van der Waals surface area contributed by atoms with Crippen LogP contribution in [-0.4, -0.2) is 15.0 Å². The van der Waals surface area contributed by atoms with Gasteiger partial charge in [0.2, 0.25) is 0 Å².